The monoisotopic (exact) mass is 464 g/mol. The molecule has 1 aliphatic rings. The molecule has 0 radical (unpaired) electrons. The van der Waals surface area contributed by atoms with Gasteiger partial charge in [-0.25, -0.2) is 0 Å². The summed E-state index contributed by atoms with van der Waals surface area (Å²) in [4.78, 5) is 48.5. The second kappa shape index (κ2) is 11.6. The van der Waals surface area contributed by atoms with E-state index < -0.39 is 18.5 Å². The highest BCUT2D eigenvalue weighted by Gasteiger charge is 2.16. The van der Waals surface area contributed by atoms with Gasteiger partial charge in [-0.1, -0.05) is 29.8 Å². The minimum Gasteiger partial charge on any atom is -0.456 e. The van der Waals surface area contributed by atoms with Crippen LogP contribution in [-0.4, -0.2) is 36.7 Å². The SMILES string of the molecule is Cc1cc(C)c(NC(=O)CNC(=O)COC(=O)CCC(=O)c2ccc3c(c2)CCCC3)c(C)c1. The van der Waals surface area contributed by atoms with Gasteiger partial charge in [0.1, 0.15) is 0 Å². The topological polar surface area (TPSA) is 102 Å². The zero-order valence-electron chi connectivity index (χ0n) is 20.1. The lowest BCUT2D eigenvalue weighted by Crippen LogP contribution is -2.35. The van der Waals surface area contributed by atoms with E-state index in [0.29, 0.717) is 5.56 Å². The average molecular weight is 465 g/mol. The number of fused-ring (bicyclic) bond motifs is 1. The number of hydrogen-bond acceptors (Lipinski definition) is 5. The van der Waals surface area contributed by atoms with Crippen LogP contribution in [0.4, 0.5) is 5.69 Å². The molecule has 0 aliphatic heterocycles. The number of amides is 2. The third kappa shape index (κ3) is 7.01. The maximum Gasteiger partial charge on any atom is 0.306 e. The molecule has 7 heteroatoms. The Morgan fingerprint density at radius 1 is 0.853 bits per heavy atom. The molecule has 0 saturated heterocycles. The Bertz CT molecular complexity index is 1080. The minimum atomic E-state index is -0.628. The lowest BCUT2D eigenvalue weighted by Gasteiger charge is -2.16. The van der Waals surface area contributed by atoms with Gasteiger partial charge in [-0.05, 0) is 74.8 Å². The molecule has 0 heterocycles. The molecule has 2 aromatic rings. The highest BCUT2D eigenvalue weighted by atomic mass is 16.5. The Kier molecular flexibility index (Phi) is 8.57. The Morgan fingerprint density at radius 2 is 1.53 bits per heavy atom. The van der Waals surface area contributed by atoms with Gasteiger partial charge in [0.15, 0.2) is 12.4 Å². The van der Waals surface area contributed by atoms with E-state index in [1.165, 1.54) is 17.5 Å². The fourth-order valence-corrected chi connectivity index (χ4v) is 4.28. The Balaban J connectivity index is 1.36. The van der Waals surface area contributed by atoms with Crippen molar-refractivity contribution in [2.24, 2.45) is 0 Å². The van der Waals surface area contributed by atoms with Gasteiger partial charge in [0.05, 0.1) is 13.0 Å². The normalized spacial score (nSPS) is 12.4. The van der Waals surface area contributed by atoms with Crippen LogP contribution in [0.3, 0.4) is 0 Å². The molecule has 1 aliphatic carbocycles. The first kappa shape index (κ1) is 25.1. The van der Waals surface area contributed by atoms with Crippen molar-refractivity contribution in [2.75, 3.05) is 18.5 Å². The number of carbonyl (C=O) groups is 4. The first-order valence-electron chi connectivity index (χ1n) is 11.7. The lowest BCUT2D eigenvalue weighted by atomic mass is 9.89. The quantitative estimate of drug-likeness (QED) is 0.435. The zero-order valence-corrected chi connectivity index (χ0v) is 20.1. The highest BCUT2D eigenvalue weighted by molar-refractivity contribution is 5.98. The molecular formula is C27H32N2O5. The number of hydrogen-bond donors (Lipinski definition) is 2. The minimum absolute atomic E-state index is 0.0247. The second-order valence-electron chi connectivity index (χ2n) is 8.87. The smallest absolute Gasteiger partial charge is 0.306 e. The van der Waals surface area contributed by atoms with Gasteiger partial charge >= 0.3 is 5.97 Å². The predicted molar refractivity (Wildman–Crippen MR) is 130 cm³/mol. The summed E-state index contributed by atoms with van der Waals surface area (Å²) in [5.74, 6) is -1.70. The van der Waals surface area contributed by atoms with E-state index in [9.17, 15) is 19.2 Å². The Hall–Kier alpha value is -3.48. The summed E-state index contributed by atoms with van der Waals surface area (Å²) in [7, 11) is 0. The van der Waals surface area contributed by atoms with Crippen LogP contribution in [0.5, 0.6) is 0 Å². The third-order valence-corrected chi connectivity index (χ3v) is 5.98. The van der Waals surface area contributed by atoms with Crippen LogP contribution < -0.4 is 10.6 Å². The van der Waals surface area contributed by atoms with E-state index in [1.807, 2.05) is 51.1 Å². The van der Waals surface area contributed by atoms with Crippen molar-refractivity contribution >= 4 is 29.3 Å². The largest absolute Gasteiger partial charge is 0.456 e. The van der Waals surface area contributed by atoms with Crippen LogP contribution in [0.15, 0.2) is 30.3 Å². The number of carbonyl (C=O) groups excluding carboxylic acids is 4. The van der Waals surface area contributed by atoms with E-state index in [0.717, 1.165) is 41.6 Å². The Morgan fingerprint density at radius 3 is 2.24 bits per heavy atom. The van der Waals surface area contributed by atoms with Crippen molar-refractivity contribution in [3.63, 3.8) is 0 Å². The number of aryl methyl sites for hydroxylation is 5. The third-order valence-electron chi connectivity index (χ3n) is 5.98. The predicted octanol–water partition coefficient (Wildman–Crippen LogP) is 3.75. The number of benzene rings is 2. The van der Waals surface area contributed by atoms with Gasteiger partial charge in [0, 0.05) is 17.7 Å². The van der Waals surface area contributed by atoms with Crippen molar-refractivity contribution < 1.29 is 23.9 Å². The molecule has 2 N–H and O–H groups in total. The van der Waals surface area contributed by atoms with Gasteiger partial charge in [-0.3, -0.25) is 19.2 Å². The zero-order chi connectivity index (χ0) is 24.7. The summed E-state index contributed by atoms with van der Waals surface area (Å²) in [6.07, 6.45) is 4.26. The highest BCUT2D eigenvalue weighted by Crippen LogP contribution is 2.23. The van der Waals surface area contributed by atoms with Crippen LogP contribution in [0.2, 0.25) is 0 Å². The number of esters is 1. The fourth-order valence-electron chi connectivity index (χ4n) is 4.28. The molecule has 7 nitrogen and oxygen atoms in total. The van der Waals surface area contributed by atoms with Crippen molar-refractivity contribution in [2.45, 2.75) is 59.3 Å². The van der Waals surface area contributed by atoms with Crippen molar-refractivity contribution in [1.82, 2.24) is 5.32 Å². The molecule has 0 atom stereocenters. The van der Waals surface area contributed by atoms with E-state index in [2.05, 4.69) is 10.6 Å². The molecule has 0 bridgehead atoms. The molecule has 2 amide bonds. The summed E-state index contributed by atoms with van der Waals surface area (Å²) >= 11 is 0. The number of ketones is 1. The molecule has 0 unspecified atom stereocenters. The van der Waals surface area contributed by atoms with Crippen LogP contribution in [0.1, 0.15) is 63.9 Å². The van der Waals surface area contributed by atoms with Crippen LogP contribution >= 0.6 is 0 Å². The van der Waals surface area contributed by atoms with Crippen molar-refractivity contribution in [1.29, 1.82) is 0 Å². The van der Waals surface area contributed by atoms with E-state index in [4.69, 9.17) is 4.74 Å². The molecule has 180 valence electrons. The number of ether oxygens (including phenoxy) is 1. The number of Topliss-reactive ketones (excluding diaryl/α,β-unsaturated/α-hetero) is 1. The van der Waals surface area contributed by atoms with E-state index >= 15 is 0 Å². The van der Waals surface area contributed by atoms with E-state index in [-0.39, 0.29) is 31.1 Å². The summed E-state index contributed by atoms with van der Waals surface area (Å²) in [5, 5.41) is 5.23. The van der Waals surface area contributed by atoms with Gasteiger partial charge in [-0.15, -0.1) is 0 Å². The molecule has 0 saturated carbocycles. The van der Waals surface area contributed by atoms with Crippen LogP contribution in [0, 0.1) is 20.8 Å². The number of rotatable bonds is 9. The number of anilines is 1. The summed E-state index contributed by atoms with van der Waals surface area (Å²) < 4.78 is 4.95. The number of nitrogens with one attached hydrogen (secondary N) is 2. The first-order valence-corrected chi connectivity index (χ1v) is 11.7. The van der Waals surface area contributed by atoms with Gasteiger partial charge in [0.2, 0.25) is 5.91 Å². The summed E-state index contributed by atoms with van der Waals surface area (Å²) in [6.45, 7) is 5.06. The van der Waals surface area contributed by atoms with Crippen molar-refractivity contribution in [3.8, 4) is 0 Å². The maximum atomic E-state index is 12.4. The Labute approximate surface area is 200 Å². The summed E-state index contributed by atoms with van der Waals surface area (Å²) in [6, 6.07) is 9.69. The molecule has 34 heavy (non-hydrogen) atoms. The average Bonchev–Trinajstić information content (AvgIpc) is 2.81. The summed E-state index contributed by atoms with van der Waals surface area (Å²) in [5.41, 5.74) is 6.83. The first-order chi connectivity index (χ1) is 16.2. The van der Waals surface area contributed by atoms with Gasteiger partial charge in [-0.2, -0.15) is 0 Å². The van der Waals surface area contributed by atoms with Crippen LogP contribution in [-0.2, 0) is 32.0 Å². The van der Waals surface area contributed by atoms with E-state index in [1.54, 1.807) is 0 Å². The fraction of sp³-hybridized carbons (Fsp3) is 0.407. The maximum absolute atomic E-state index is 12.4. The molecule has 0 aromatic heterocycles. The van der Waals surface area contributed by atoms with Gasteiger partial charge < -0.3 is 15.4 Å². The molecule has 3 rings (SSSR count). The molecule has 2 aromatic carbocycles. The lowest BCUT2D eigenvalue weighted by molar-refractivity contribution is -0.148. The molecule has 0 spiro atoms. The standard InChI is InChI=1S/C27H32N2O5/c1-17-12-18(2)27(19(3)13-17)29-24(31)15-28-25(32)16-34-26(33)11-10-23(30)22-9-8-20-6-4-5-7-21(20)14-22/h8-9,12-14H,4-7,10-11,15-16H2,1-3H3,(H,28,32)(H,29,31). The van der Waals surface area contributed by atoms with Gasteiger partial charge in [0.25, 0.3) is 5.91 Å². The molecular weight excluding hydrogens is 432 g/mol. The van der Waals surface area contributed by atoms with Crippen molar-refractivity contribution in [3.05, 3.63) is 63.7 Å². The van der Waals surface area contributed by atoms with Crippen LogP contribution in [0.25, 0.3) is 0 Å². The second-order valence-corrected chi connectivity index (χ2v) is 8.87. The molecule has 0 fully saturated rings.